The number of fused-ring (bicyclic) bond motifs is 2. The van der Waals surface area contributed by atoms with Crippen LogP contribution in [0.15, 0.2) is 0 Å². The Morgan fingerprint density at radius 2 is 1.60 bits per heavy atom. The summed E-state index contributed by atoms with van der Waals surface area (Å²) in [5, 5.41) is 0. The highest BCUT2D eigenvalue weighted by Gasteiger charge is 2.44. The molecule has 2 nitrogen and oxygen atoms in total. The first-order valence-electron chi connectivity index (χ1n) is 6.20. The Bertz CT molecular complexity index is 236. The molecule has 15 heavy (non-hydrogen) atoms. The first kappa shape index (κ1) is 11.0. The van der Waals surface area contributed by atoms with Gasteiger partial charge in [0.25, 0.3) is 0 Å². The van der Waals surface area contributed by atoms with Crippen molar-refractivity contribution in [2.45, 2.75) is 58.5 Å². The number of rotatable bonds is 1. The monoisotopic (exact) mass is 210 g/mol. The Kier molecular flexibility index (Phi) is 2.78. The minimum absolute atomic E-state index is 0.0645. The average Bonchev–Trinajstić information content (AvgIpc) is 2.34. The Morgan fingerprint density at radius 3 is 2.07 bits per heavy atom. The van der Waals surface area contributed by atoms with Crippen LogP contribution in [0.1, 0.15) is 52.9 Å². The Hall–Kier alpha value is -0.530. The maximum Gasteiger partial charge on any atom is 0.310 e. The van der Waals surface area contributed by atoms with E-state index in [4.69, 9.17) is 4.74 Å². The summed E-state index contributed by atoms with van der Waals surface area (Å²) < 4.78 is 5.52. The fourth-order valence-corrected chi connectivity index (χ4v) is 3.22. The number of esters is 1. The molecule has 2 saturated carbocycles. The SMILES string of the molecule is CC(C)(C)OC(=O)C1C2CCCC1CC2. The van der Waals surface area contributed by atoms with Crippen LogP contribution < -0.4 is 0 Å². The fraction of sp³-hybridized carbons (Fsp3) is 0.923. The van der Waals surface area contributed by atoms with Crippen LogP contribution in [0.3, 0.4) is 0 Å². The highest BCUT2D eigenvalue weighted by Crippen LogP contribution is 2.47. The second-order valence-electron chi connectivity index (χ2n) is 6.09. The fourth-order valence-electron chi connectivity index (χ4n) is 3.22. The molecule has 2 aliphatic rings. The van der Waals surface area contributed by atoms with Gasteiger partial charge in [-0.15, -0.1) is 0 Å². The summed E-state index contributed by atoms with van der Waals surface area (Å²) in [5.74, 6) is 1.53. The summed E-state index contributed by atoms with van der Waals surface area (Å²) in [6, 6.07) is 0. The molecule has 0 aromatic heterocycles. The first-order valence-corrected chi connectivity index (χ1v) is 6.20. The second kappa shape index (κ2) is 3.80. The van der Waals surface area contributed by atoms with E-state index < -0.39 is 0 Å². The Morgan fingerprint density at radius 1 is 1.07 bits per heavy atom. The smallest absolute Gasteiger partial charge is 0.310 e. The van der Waals surface area contributed by atoms with Crippen molar-refractivity contribution in [1.82, 2.24) is 0 Å². The maximum atomic E-state index is 12.1. The molecule has 0 amide bonds. The summed E-state index contributed by atoms with van der Waals surface area (Å²) in [7, 11) is 0. The molecule has 0 saturated heterocycles. The van der Waals surface area contributed by atoms with Crippen LogP contribution in [0.4, 0.5) is 0 Å². The number of carbonyl (C=O) groups is 1. The summed E-state index contributed by atoms with van der Waals surface area (Å²) in [6.45, 7) is 5.86. The van der Waals surface area contributed by atoms with Crippen LogP contribution in [0.25, 0.3) is 0 Å². The highest BCUT2D eigenvalue weighted by molar-refractivity contribution is 5.74. The maximum absolute atomic E-state index is 12.1. The number of hydrogen-bond acceptors (Lipinski definition) is 2. The van der Waals surface area contributed by atoms with Crippen molar-refractivity contribution >= 4 is 5.97 Å². The molecule has 0 N–H and O–H groups in total. The lowest BCUT2D eigenvalue weighted by Crippen LogP contribution is -2.35. The lowest BCUT2D eigenvalue weighted by molar-refractivity contribution is -0.164. The van der Waals surface area contributed by atoms with Gasteiger partial charge in [0.05, 0.1) is 5.92 Å². The second-order valence-corrected chi connectivity index (χ2v) is 6.09. The third-order valence-electron chi connectivity index (χ3n) is 3.75. The van der Waals surface area contributed by atoms with Crippen molar-refractivity contribution in [1.29, 1.82) is 0 Å². The van der Waals surface area contributed by atoms with Crippen LogP contribution in [0.2, 0.25) is 0 Å². The largest absolute Gasteiger partial charge is 0.460 e. The van der Waals surface area contributed by atoms with E-state index in [0.29, 0.717) is 11.8 Å². The molecule has 2 atom stereocenters. The molecular formula is C13H22O2. The molecule has 0 aliphatic heterocycles. The summed E-state index contributed by atoms with van der Waals surface area (Å²) >= 11 is 0. The van der Waals surface area contributed by atoms with Crippen LogP contribution >= 0.6 is 0 Å². The number of carbonyl (C=O) groups excluding carboxylic acids is 1. The van der Waals surface area contributed by atoms with E-state index in [9.17, 15) is 4.79 Å². The minimum Gasteiger partial charge on any atom is -0.460 e. The molecule has 86 valence electrons. The molecule has 2 heteroatoms. The first-order chi connectivity index (χ1) is 6.97. The molecule has 0 heterocycles. The lowest BCUT2D eigenvalue weighted by atomic mass is 9.78. The Balaban J connectivity index is 2.01. The van der Waals surface area contributed by atoms with E-state index in [2.05, 4.69) is 0 Å². The predicted octanol–water partition coefficient (Wildman–Crippen LogP) is 3.15. The molecule has 2 aliphatic carbocycles. The van der Waals surface area contributed by atoms with Crippen LogP contribution in [-0.2, 0) is 9.53 Å². The Labute approximate surface area is 92.4 Å². The van der Waals surface area contributed by atoms with Gasteiger partial charge in [-0.25, -0.2) is 0 Å². The standard InChI is InChI=1S/C13H22O2/c1-13(2,3)15-12(14)11-9-5-4-6-10(11)8-7-9/h9-11H,4-8H2,1-3H3. The van der Waals surface area contributed by atoms with Gasteiger partial charge in [0.2, 0.25) is 0 Å². The van der Waals surface area contributed by atoms with Crippen molar-refractivity contribution < 1.29 is 9.53 Å². The predicted molar refractivity (Wildman–Crippen MR) is 59.4 cm³/mol. The topological polar surface area (TPSA) is 26.3 Å². The molecule has 0 aromatic carbocycles. The zero-order valence-electron chi connectivity index (χ0n) is 10.1. The molecule has 0 radical (unpaired) electrons. The number of ether oxygens (including phenoxy) is 1. The van der Waals surface area contributed by atoms with Gasteiger partial charge >= 0.3 is 5.97 Å². The van der Waals surface area contributed by atoms with Crippen LogP contribution in [0, 0.1) is 17.8 Å². The van der Waals surface area contributed by atoms with Crippen molar-refractivity contribution in [2.24, 2.45) is 17.8 Å². The van der Waals surface area contributed by atoms with Crippen LogP contribution in [0.5, 0.6) is 0 Å². The molecule has 2 fully saturated rings. The third-order valence-corrected chi connectivity index (χ3v) is 3.75. The van der Waals surface area contributed by atoms with Gasteiger partial charge in [0.15, 0.2) is 0 Å². The minimum atomic E-state index is -0.325. The van der Waals surface area contributed by atoms with E-state index >= 15 is 0 Å². The average molecular weight is 210 g/mol. The van der Waals surface area contributed by atoms with Gasteiger partial charge in [0, 0.05) is 0 Å². The zero-order valence-corrected chi connectivity index (χ0v) is 10.1. The van der Waals surface area contributed by atoms with E-state index in [1.807, 2.05) is 20.8 Å². The number of hydrogen-bond donors (Lipinski definition) is 0. The molecule has 2 bridgehead atoms. The van der Waals surface area contributed by atoms with Crippen molar-refractivity contribution in [3.63, 3.8) is 0 Å². The zero-order chi connectivity index (χ0) is 11.1. The van der Waals surface area contributed by atoms with Crippen molar-refractivity contribution in [3.05, 3.63) is 0 Å². The van der Waals surface area contributed by atoms with Gasteiger partial charge in [0.1, 0.15) is 5.60 Å². The van der Waals surface area contributed by atoms with E-state index in [-0.39, 0.29) is 17.5 Å². The van der Waals surface area contributed by atoms with Gasteiger partial charge in [-0.05, 0) is 58.3 Å². The summed E-state index contributed by atoms with van der Waals surface area (Å²) in [5.41, 5.74) is -0.325. The molecular weight excluding hydrogens is 188 g/mol. The summed E-state index contributed by atoms with van der Waals surface area (Å²) in [6.07, 6.45) is 6.28. The van der Waals surface area contributed by atoms with Gasteiger partial charge < -0.3 is 4.74 Å². The van der Waals surface area contributed by atoms with E-state index in [1.165, 1.54) is 32.1 Å². The van der Waals surface area contributed by atoms with E-state index in [1.54, 1.807) is 0 Å². The lowest BCUT2D eigenvalue weighted by Gasteiger charge is -2.31. The van der Waals surface area contributed by atoms with Crippen molar-refractivity contribution in [2.75, 3.05) is 0 Å². The quantitative estimate of drug-likeness (QED) is 0.621. The van der Waals surface area contributed by atoms with Gasteiger partial charge in [-0.2, -0.15) is 0 Å². The molecule has 0 aromatic rings. The van der Waals surface area contributed by atoms with Gasteiger partial charge in [-0.1, -0.05) is 6.42 Å². The normalized spacial score (nSPS) is 35.3. The molecule has 2 rings (SSSR count). The highest BCUT2D eigenvalue weighted by atomic mass is 16.6. The van der Waals surface area contributed by atoms with Crippen LogP contribution in [-0.4, -0.2) is 11.6 Å². The molecule has 0 spiro atoms. The summed E-state index contributed by atoms with van der Waals surface area (Å²) in [4.78, 5) is 12.1. The van der Waals surface area contributed by atoms with Crippen molar-refractivity contribution in [3.8, 4) is 0 Å². The third kappa shape index (κ3) is 2.35. The van der Waals surface area contributed by atoms with E-state index in [0.717, 1.165) is 0 Å². The van der Waals surface area contributed by atoms with Gasteiger partial charge in [-0.3, -0.25) is 4.79 Å². The molecule has 2 unspecified atom stereocenters.